The Balaban J connectivity index is 1.77. The minimum absolute atomic E-state index is 0.0335. The van der Waals surface area contributed by atoms with E-state index in [4.69, 9.17) is 0 Å². The number of fused-ring (bicyclic) bond motifs is 1. The number of hydrogen-bond donors (Lipinski definition) is 0. The molecular weight excluding hydrogens is 415 g/mol. The number of carbonyl (C=O) groups is 1. The Morgan fingerprint density at radius 2 is 1.58 bits per heavy atom. The van der Waals surface area contributed by atoms with Crippen molar-refractivity contribution in [2.75, 3.05) is 11.4 Å². The number of rotatable bonds is 5. The predicted octanol–water partition coefficient (Wildman–Crippen LogP) is 3.99. The molecule has 0 spiro atoms. The average molecular weight is 439 g/mol. The average Bonchev–Trinajstić information content (AvgIpc) is 2.79. The maximum atomic E-state index is 13.6. The molecule has 0 fully saturated rings. The highest BCUT2D eigenvalue weighted by Gasteiger charge is 2.41. The monoisotopic (exact) mass is 438 g/mol. The molecule has 1 amide bonds. The third-order valence-corrected chi connectivity index (χ3v) is 7.43. The molecule has 3 aromatic rings. The molecule has 7 heteroatoms. The lowest BCUT2D eigenvalue weighted by atomic mass is 9.95. The van der Waals surface area contributed by atoms with E-state index >= 15 is 0 Å². The molecule has 0 radical (unpaired) electrons. The van der Waals surface area contributed by atoms with E-state index in [0.29, 0.717) is 12.2 Å². The van der Waals surface area contributed by atoms with Crippen LogP contribution in [0.2, 0.25) is 0 Å². The van der Waals surface area contributed by atoms with E-state index in [1.165, 1.54) is 16.4 Å². The zero-order chi connectivity index (χ0) is 22.0. The van der Waals surface area contributed by atoms with Gasteiger partial charge < -0.3 is 4.90 Å². The summed E-state index contributed by atoms with van der Waals surface area (Å²) in [5.41, 5.74) is 2.53. The number of sulfonamides is 1. The van der Waals surface area contributed by atoms with Gasteiger partial charge in [-0.2, -0.15) is 4.31 Å². The molecule has 0 unspecified atom stereocenters. The maximum absolute atomic E-state index is 13.6. The van der Waals surface area contributed by atoms with Gasteiger partial charge in [-0.05, 0) is 60.9 Å². The smallest absolute Gasteiger partial charge is 0.245 e. The Morgan fingerprint density at radius 1 is 0.968 bits per heavy atom. The van der Waals surface area contributed by atoms with E-state index < -0.39 is 21.9 Å². The van der Waals surface area contributed by atoms with Gasteiger partial charge >= 0.3 is 0 Å². The van der Waals surface area contributed by atoms with Crippen LogP contribution in [0.15, 0.2) is 83.8 Å². The van der Waals surface area contributed by atoms with Crippen LogP contribution in [0.3, 0.4) is 0 Å². The Bertz CT molecular complexity index is 1180. The second-order valence-corrected chi connectivity index (χ2v) is 9.30. The van der Waals surface area contributed by atoms with Gasteiger partial charge in [0.05, 0.1) is 4.90 Å². The van der Waals surface area contributed by atoms with Crippen LogP contribution in [-0.4, -0.2) is 31.2 Å². The van der Waals surface area contributed by atoms with E-state index in [1.807, 2.05) is 61.5 Å². The topological polar surface area (TPSA) is 57.7 Å². The molecule has 1 atom stereocenters. The second kappa shape index (κ2) is 8.61. The van der Waals surface area contributed by atoms with Gasteiger partial charge in [0.2, 0.25) is 15.9 Å². The first kappa shape index (κ1) is 21.2. The summed E-state index contributed by atoms with van der Waals surface area (Å²) in [4.78, 5) is 15.2. The number of likely N-dealkylation sites (N-methyl/N-ethyl adjacent to an activating group) is 1. The zero-order valence-corrected chi connectivity index (χ0v) is 17.9. The quantitative estimate of drug-likeness (QED) is 0.605. The third kappa shape index (κ3) is 4.11. The number of nitrogens with zero attached hydrogens (tertiary/aromatic N) is 2. The summed E-state index contributed by atoms with van der Waals surface area (Å²) in [6.07, 6.45) is 0.277. The van der Waals surface area contributed by atoms with Gasteiger partial charge in [-0.1, -0.05) is 42.5 Å². The van der Waals surface area contributed by atoms with Crippen LogP contribution in [0.25, 0.3) is 0 Å². The summed E-state index contributed by atoms with van der Waals surface area (Å²) < 4.78 is 41.6. The van der Waals surface area contributed by atoms with Crippen LogP contribution in [0.5, 0.6) is 0 Å². The Labute approximate surface area is 181 Å². The molecule has 1 aliphatic heterocycles. The normalized spacial score (nSPS) is 16.5. The number of amides is 1. The first-order valence-corrected chi connectivity index (χ1v) is 11.6. The molecule has 1 aliphatic rings. The highest BCUT2D eigenvalue weighted by atomic mass is 32.2. The molecule has 0 bridgehead atoms. The Morgan fingerprint density at radius 3 is 2.23 bits per heavy atom. The molecule has 31 heavy (non-hydrogen) atoms. The Kier molecular flexibility index (Phi) is 5.89. The second-order valence-electron chi connectivity index (χ2n) is 7.41. The lowest BCUT2D eigenvalue weighted by molar-refractivity contribution is -0.122. The Hall–Kier alpha value is -3.03. The van der Waals surface area contributed by atoms with Crippen LogP contribution >= 0.6 is 0 Å². The van der Waals surface area contributed by atoms with Gasteiger partial charge in [-0.3, -0.25) is 4.79 Å². The predicted molar refractivity (Wildman–Crippen MR) is 118 cm³/mol. The molecule has 0 aromatic heterocycles. The fourth-order valence-corrected chi connectivity index (χ4v) is 5.52. The molecule has 1 heterocycles. The molecule has 5 nitrogen and oxygen atoms in total. The SMILES string of the molecule is CCN(C(=O)[C@@H]1Cc2ccccc2CN1S(=O)(=O)c1ccc(F)cc1)c1ccccc1. The van der Waals surface area contributed by atoms with Crippen LogP contribution in [0.1, 0.15) is 18.1 Å². The first-order chi connectivity index (χ1) is 14.9. The number of hydrogen-bond acceptors (Lipinski definition) is 3. The molecule has 3 aromatic carbocycles. The molecule has 0 N–H and O–H groups in total. The highest BCUT2D eigenvalue weighted by Crippen LogP contribution is 2.31. The summed E-state index contributed by atoms with van der Waals surface area (Å²) in [6.45, 7) is 2.35. The van der Waals surface area contributed by atoms with Crippen molar-refractivity contribution in [2.45, 2.75) is 30.8 Å². The van der Waals surface area contributed by atoms with Crippen molar-refractivity contribution in [3.05, 3.63) is 95.8 Å². The number of anilines is 1. The minimum atomic E-state index is -4.02. The molecule has 0 saturated carbocycles. The van der Waals surface area contributed by atoms with Gasteiger partial charge in [0.25, 0.3) is 0 Å². The minimum Gasteiger partial charge on any atom is -0.311 e. The first-order valence-electron chi connectivity index (χ1n) is 10.1. The van der Waals surface area contributed by atoms with E-state index in [0.717, 1.165) is 23.3 Å². The van der Waals surface area contributed by atoms with Crippen molar-refractivity contribution in [3.63, 3.8) is 0 Å². The van der Waals surface area contributed by atoms with E-state index in [9.17, 15) is 17.6 Å². The summed E-state index contributed by atoms with van der Waals surface area (Å²) in [5, 5.41) is 0. The standard InChI is InChI=1S/C24H23FN2O3S/c1-2-26(21-10-4-3-5-11-21)24(28)23-16-18-8-6-7-9-19(18)17-27(23)31(29,30)22-14-12-20(25)13-15-22/h3-15,23H,2,16-17H2,1H3/t23-/m0/s1. The molecule has 0 saturated heterocycles. The van der Waals surface area contributed by atoms with Crippen molar-refractivity contribution in [2.24, 2.45) is 0 Å². The third-order valence-electron chi connectivity index (χ3n) is 5.56. The van der Waals surface area contributed by atoms with Crippen molar-refractivity contribution in [1.82, 2.24) is 4.31 Å². The van der Waals surface area contributed by atoms with Crippen molar-refractivity contribution in [3.8, 4) is 0 Å². The van der Waals surface area contributed by atoms with Crippen LogP contribution in [0.4, 0.5) is 10.1 Å². The number of para-hydroxylation sites is 1. The van der Waals surface area contributed by atoms with E-state index in [1.54, 1.807) is 4.90 Å². The summed E-state index contributed by atoms with van der Waals surface area (Å²) in [6, 6.07) is 20.6. The van der Waals surface area contributed by atoms with Crippen LogP contribution in [-0.2, 0) is 27.8 Å². The molecule has 160 valence electrons. The van der Waals surface area contributed by atoms with Gasteiger partial charge in [-0.15, -0.1) is 0 Å². The summed E-state index contributed by atoms with van der Waals surface area (Å²) in [7, 11) is -4.02. The fourth-order valence-electron chi connectivity index (χ4n) is 3.96. The van der Waals surface area contributed by atoms with Crippen molar-refractivity contribution in [1.29, 1.82) is 0 Å². The largest absolute Gasteiger partial charge is 0.311 e. The van der Waals surface area contributed by atoms with Gasteiger partial charge in [0, 0.05) is 18.8 Å². The van der Waals surface area contributed by atoms with Gasteiger partial charge in [-0.25, -0.2) is 12.8 Å². The number of benzene rings is 3. The highest BCUT2D eigenvalue weighted by molar-refractivity contribution is 7.89. The lowest BCUT2D eigenvalue weighted by Crippen LogP contribution is -2.53. The van der Waals surface area contributed by atoms with E-state index in [2.05, 4.69) is 0 Å². The van der Waals surface area contributed by atoms with Crippen LogP contribution < -0.4 is 4.90 Å². The van der Waals surface area contributed by atoms with Crippen molar-refractivity contribution >= 4 is 21.6 Å². The van der Waals surface area contributed by atoms with Gasteiger partial charge in [0.1, 0.15) is 11.9 Å². The van der Waals surface area contributed by atoms with Crippen LogP contribution in [0, 0.1) is 5.82 Å². The number of halogens is 1. The lowest BCUT2D eigenvalue weighted by Gasteiger charge is -2.37. The molecule has 0 aliphatic carbocycles. The number of carbonyl (C=O) groups excluding carboxylic acids is 1. The fraction of sp³-hybridized carbons (Fsp3) is 0.208. The molecule has 4 rings (SSSR count). The maximum Gasteiger partial charge on any atom is 0.245 e. The van der Waals surface area contributed by atoms with Gasteiger partial charge in [0.15, 0.2) is 0 Å². The summed E-state index contributed by atoms with van der Waals surface area (Å²) in [5.74, 6) is -0.800. The zero-order valence-electron chi connectivity index (χ0n) is 17.1. The summed E-state index contributed by atoms with van der Waals surface area (Å²) >= 11 is 0. The van der Waals surface area contributed by atoms with Crippen molar-refractivity contribution < 1.29 is 17.6 Å². The van der Waals surface area contributed by atoms with E-state index in [-0.39, 0.29) is 23.8 Å². The molecular formula is C24H23FN2O3S.